The topological polar surface area (TPSA) is 161 Å². The number of aliphatic hydroxyl groups excluding tert-OH is 2. The first-order valence-electron chi connectivity index (χ1n) is 30.0. The minimum absolute atomic E-state index is 0.0295. The fourth-order valence-corrected chi connectivity index (χ4v) is 13.0. The molecule has 88 heavy (non-hydrogen) atoms. The molecule has 0 unspecified atom stereocenters. The van der Waals surface area contributed by atoms with E-state index in [-0.39, 0.29) is 59.4 Å². The zero-order chi connectivity index (χ0) is 62.0. The summed E-state index contributed by atoms with van der Waals surface area (Å²) >= 11 is 0. The molecule has 2 saturated heterocycles. The third kappa shape index (κ3) is 13.0. The van der Waals surface area contributed by atoms with E-state index in [1.54, 1.807) is 21.8 Å². The molecule has 2 N–H and O–H groups in total. The number of carbonyl (C=O) groups is 2. The summed E-state index contributed by atoms with van der Waals surface area (Å²) in [6, 6.07) is 44.2. The highest BCUT2D eigenvalue weighted by atomic mass is 19.4. The second-order valence-electron chi connectivity index (χ2n) is 23.6. The number of carbonyl (C=O) groups excluding carboxylic acids is 2. The molecule has 4 atom stereocenters. The number of ether oxygens (including phenoxy) is 2. The van der Waals surface area contributed by atoms with E-state index in [0.717, 1.165) is 33.9 Å². The van der Waals surface area contributed by atoms with Crippen molar-refractivity contribution in [2.75, 3.05) is 36.0 Å². The Balaban J connectivity index is 0.000000182. The van der Waals surface area contributed by atoms with Crippen molar-refractivity contribution in [2.24, 2.45) is 0 Å². The van der Waals surface area contributed by atoms with Crippen LogP contribution in [0.2, 0.25) is 0 Å². The normalized spacial score (nSPS) is 19.5. The maximum Gasteiger partial charge on any atom is 0.398 e. The van der Waals surface area contributed by atoms with E-state index in [9.17, 15) is 46.1 Å². The largest absolute Gasteiger partial charge is 0.489 e. The number of Topliss-reactive ketones (excluding diaryl/α,β-unsaturated/α-hetero) is 2. The van der Waals surface area contributed by atoms with E-state index in [4.69, 9.17) is 19.7 Å². The molecule has 4 aliphatic rings. The summed E-state index contributed by atoms with van der Waals surface area (Å²) in [5, 5.41) is 31.2. The molecule has 14 nitrogen and oxygen atoms in total. The third-order valence-electron chi connectivity index (χ3n) is 17.0. The lowest BCUT2D eigenvalue weighted by Crippen LogP contribution is -2.43. The van der Waals surface area contributed by atoms with Crippen LogP contribution in [-0.4, -0.2) is 114 Å². The number of halogens is 6. The maximum absolute atomic E-state index is 14.7. The molecule has 4 aromatic carbocycles. The number of fused-ring (bicyclic) bond motifs is 2. The van der Waals surface area contributed by atoms with Gasteiger partial charge in [-0.25, -0.2) is 9.97 Å². The molecule has 0 saturated carbocycles. The van der Waals surface area contributed by atoms with Gasteiger partial charge in [0.15, 0.2) is 11.6 Å². The first-order chi connectivity index (χ1) is 42.2. The van der Waals surface area contributed by atoms with E-state index in [0.29, 0.717) is 74.7 Å². The van der Waals surface area contributed by atoms with Gasteiger partial charge >= 0.3 is 12.4 Å². The number of alkyl halides is 6. The Morgan fingerprint density at radius 1 is 0.466 bits per heavy atom. The fraction of sp³-hybridized carbons (Fsp3) is 0.382. The molecule has 2 fully saturated rings. The van der Waals surface area contributed by atoms with Crippen LogP contribution in [-0.2, 0) is 22.4 Å². The monoisotopic (exact) mass is 1210 g/mol. The van der Waals surface area contributed by atoms with Crippen LogP contribution in [0.1, 0.15) is 145 Å². The van der Waals surface area contributed by atoms with Gasteiger partial charge in [-0.05, 0) is 99.9 Å². The lowest BCUT2D eigenvalue weighted by atomic mass is 9.78. The maximum atomic E-state index is 14.7. The van der Waals surface area contributed by atoms with Crippen LogP contribution in [0, 0.1) is 0 Å². The van der Waals surface area contributed by atoms with Crippen molar-refractivity contribution in [3.63, 3.8) is 0 Å². The summed E-state index contributed by atoms with van der Waals surface area (Å²) < 4.78 is 103. The first kappa shape index (κ1) is 61.3. The highest BCUT2D eigenvalue weighted by molar-refractivity contribution is 5.89. The number of nitrogens with zero attached hydrogens (tertiary/aromatic N) is 8. The van der Waals surface area contributed by atoms with Crippen LogP contribution in [0.15, 0.2) is 158 Å². The van der Waals surface area contributed by atoms with Gasteiger partial charge in [-0.15, -0.1) is 0 Å². The summed E-state index contributed by atoms with van der Waals surface area (Å²) in [5.41, 5.74) is 4.33. The average molecular weight is 1210 g/mol. The highest BCUT2D eigenvalue weighted by Crippen LogP contribution is 2.50. The van der Waals surface area contributed by atoms with Gasteiger partial charge in [-0.1, -0.05) is 121 Å². The number of benzene rings is 4. The standard InChI is InChI=1S/2C34H35F3N4O3/c2*1-21(2)44-25-13-14-28(38-20-25)40-17-15-22(16-18-40)31-29-26(19-27(42)33(43)30(29)34(35,36)37)41(39-31)32(23-9-5-3-6-10-23)24-11-7-4-8-12-24/h2*3-14,20-22,30,32-33,43H,15-19H2,1-2H3/t2*30-,33-/m10/s1. The van der Waals surface area contributed by atoms with Crippen LogP contribution >= 0.6 is 0 Å². The summed E-state index contributed by atoms with van der Waals surface area (Å²) in [6.07, 6.45) is -9.02. The number of piperidine rings is 2. The average Bonchev–Trinajstić information content (AvgIpc) is 1.65. The summed E-state index contributed by atoms with van der Waals surface area (Å²) in [5.74, 6) is -4.04. The predicted molar refractivity (Wildman–Crippen MR) is 320 cm³/mol. The molecule has 0 radical (unpaired) electrons. The number of pyridine rings is 2. The number of aromatic nitrogens is 6. The van der Waals surface area contributed by atoms with E-state index >= 15 is 0 Å². The van der Waals surface area contributed by atoms with Crippen LogP contribution in [0.3, 0.4) is 0 Å². The summed E-state index contributed by atoms with van der Waals surface area (Å²) in [7, 11) is 0. The van der Waals surface area contributed by atoms with Gasteiger partial charge in [-0.3, -0.25) is 19.0 Å². The van der Waals surface area contributed by atoms with E-state index in [1.807, 2.05) is 173 Å². The number of anilines is 2. The zero-order valence-electron chi connectivity index (χ0n) is 49.2. The van der Waals surface area contributed by atoms with Crippen molar-refractivity contribution in [1.29, 1.82) is 0 Å². The molecule has 0 amide bonds. The van der Waals surface area contributed by atoms with Crippen molar-refractivity contribution in [3.8, 4) is 11.5 Å². The van der Waals surface area contributed by atoms with Gasteiger partial charge in [0.25, 0.3) is 0 Å². The summed E-state index contributed by atoms with van der Waals surface area (Å²) in [6.45, 7) is 10.1. The fourth-order valence-electron chi connectivity index (χ4n) is 13.0. The molecule has 8 aromatic rings. The minimum Gasteiger partial charge on any atom is -0.489 e. The quantitative estimate of drug-likeness (QED) is 0.0993. The second-order valence-corrected chi connectivity index (χ2v) is 23.6. The van der Waals surface area contributed by atoms with Gasteiger partial charge in [0.2, 0.25) is 0 Å². The molecule has 460 valence electrons. The smallest absolute Gasteiger partial charge is 0.398 e. The van der Waals surface area contributed by atoms with Crippen LogP contribution in [0.25, 0.3) is 0 Å². The van der Waals surface area contributed by atoms with E-state index < -0.39 is 60.0 Å². The lowest BCUT2D eigenvalue weighted by Gasteiger charge is -2.34. The molecule has 4 aromatic heterocycles. The van der Waals surface area contributed by atoms with Crippen LogP contribution in [0.5, 0.6) is 11.5 Å². The molecule has 0 spiro atoms. The van der Waals surface area contributed by atoms with Gasteiger partial charge in [0.1, 0.15) is 59.3 Å². The first-order valence-corrected chi connectivity index (χ1v) is 30.0. The zero-order valence-corrected chi connectivity index (χ0v) is 49.2. The molecule has 2 aliphatic heterocycles. The Bertz CT molecular complexity index is 3330. The Morgan fingerprint density at radius 2 is 0.773 bits per heavy atom. The van der Waals surface area contributed by atoms with Crippen molar-refractivity contribution < 1.29 is 55.6 Å². The number of hydrogen-bond acceptors (Lipinski definition) is 12. The van der Waals surface area contributed by atoms with Gasteiger partial charge in [0.05, 0.1) is 60.2 Å². The van der Waals surface area contributed by atoms with Crippen molar-refractivity contribution >= 4 is 23.2 Å². The molecule has 0 bridgehead atoms. The Labute approximate surface area is 506 Å². The Morgan fingerprint density at radius 3 is 1.03 bits per heavy atom. The van der Waals surface area contributed by atoms with Gasteiger partial charge < -0.3 is 29.5 Å². The highest BCUT2D eigenvalue weighted by Gasteiger charge is 2.56. The van der Waals surface area contributed by atoms with Crippen molar-refractivity contribution in [1.82, 2.24) is 29.5 Å². The second kappa shape index (κ2) is 25.8. The molecule has 20 heteroatoms. The molecule has 12 rings (SSSR count). The van der Waals surface area contributed by atoms with Crippen LogP contribution in [0.4, 0.5) is 38.0 Å². The van der Waals surface area contributed by atoms with Crippen molar-refractivity contribution in [2.45, 2.75) is 139 Å². The molecular formula is C68H70F6N8O6. The lowest BCUT2D eigenvalue weighted by molar-refractivity contribution is -0.179. The molecule has 6 heterocycles. The Kier molecular flexibility index (Phi) is 17.9. The molecular weight excluding hydrogens is 1140 g/mol. The van der Waals surface area contributed by atoms with E-state index in [1.165, 1.54) is 0 Å². The number of rotatable bonds is 14. The Hall–Kier alpha value is -8.36. The number of aliphatic hydroxyl groups is 2. The minimum atomic E-state index is -4.83. The summed E-state index contributed by atoms with van der Waals surface area (Å²) in [4.78, 5) is 39.1. The molecule has 2 aliphatic carbocycles. The number of ketones is 2. The van der Waals surface area contributed by atoms with Crippen molar-refractivity contribution in [3.05, 3.63) is 214 Å². The van der Waals surface area contributed by atoms with Crippen LogP contribution < -0.4 is 19.3 Å². The van der Waals surface area contributed by atoms with Gasteiger partial charge in [-0.2, -0.15) is 36.5 Å². The number of hydrogen-bond donors (Lipinski definition) is 2. The van der Waals surface area contributed by atoms with Gasteiger partial charge in [0, 0.05) is 49.1 Å². The SMILES string of the molecule is CC(C)Oc1ccc(N2CCC(c3nn(C(c4ccccc4)c4ccccc4)c4c3[C@@H](C(F)(F)F)[C@H](O)C(=O)C4)CC2)nc1.CC(C)Oc1ccc(N2CCC(c3nn(C(c4ccccc4)c4ccccc4)c4c3[C@H](C(F)(F)F)[C@@H](O)C(=O)C4)CC2)nc1. The van der Waals surface area contributed by atoms with E-state index in [2.05, 4.69) is 19.8 Å². The third-order valence-corrected chi connectivity index (χ3v) is 17.0. The predicted octanol–water partition coefficient (Wildman–Crippen LogP) is 12.4.